The predicted molar refractivity (Wildman–Crippen MR) is 92.7 cm³/mol. The molecule has 0 saturated carbocycles. The number of hydrogen-bond donors (Lipinski definition) is 0. The van der Waals surface area contributed by atoms with Crippen molar-refractivity contribution >= 4 is 5.91 Å². The molecule has 1 saturated heterocycles. The number of carbonyl (C=O) groups is 1. The summed E-state index contributed by atoms with van der Waals surface area (Å²) in [5.41, 5.74) is -0.979. The molecular formula is C18H19F4N5O2. The summed E-state index contributed by atoms with van der Waals surface area (Å²) in [6.07, 6.45) is -2.08. The molecule has 29 heavy (non-hydrogen) atoms. The van der Waals surface area contributed by atoms with E-state index in [0.29, 0.717) is 13.1 Å². The fourth-order valence-electron chi connectivity index (χ4n) is 4.02. The molecule has 0 spiro atoms. The number of carbonyl (C=O) groups excluding carboxylic acids is 1. The van der Waals surface area contributed by atoms with Gasteiger partial charge in [-0.3, -0.25) is 14.3 Å². The second kappa shape index (κ2) is 7.27. The van der Waals surface area contributed by atoms with Gasteiger partial charge in [-0.05, 0) is 37.8 Å². The number of aromatic nitrogens is 4. The third kappa shape index (κ3) is 3.53. The van der Waals surface area contributed by atoms with Gasteiger partial charge < -0.3 is 4.90 Å². The highest BCUT2D eigenvalue weighted by molar-refractivity contribution is 5.81. The third-order valence-corrected chi connectivity index (χ3v) is 5.48. The van der Waals surface area contributed by atoms with Crippen molar-refractivity contribution in [1.29, 1.82) is 0 Å². The molecule has 2 aliphatic rings. The van der Waals surface area contributed by atoms with E-state index in [-0.39, 0.29) is 24.4 Å². The summed E-state index contributed by atoms with van der Waals surface area (Å²) >= 11 is 0. The van der Waals surface area contributed by atoms with Crippen molar-refractivity contribution in [2.24, 2.45) is 0 Å². The van der Waals surface area contributed by atoms with Gasteiger partial charge in [-0.2, -0.15) is 18.3 Å². The first kappa shape index (κ1) is 19.6. The Morgan fingerprint density at radius 1 is 1.21 bits per heavy atom. The molecule has 2 aromatic rings. The molecule has 156 valence electrons. The van der Waals surface area contributed by atoms with Crippen LogP contribution in [-0.4, -0.2) is 49.4 Å². The highest BCUT2D eigenvalue weighted by Crippen LogP contribution is 2.42. The van der Waals surface area contributed by atoms with E-state index in [2.05, 4.69) is 10.1 Å². The van der Waals surface area contributed by atoms with Crippen LogP contribution >= 0.6 is 0 Å². The summed E-state index contributed by atoms with van der Waals surface area (Å²) in [5.74, 6) is -3.51. The van der Waals surface area contributed by atoms with Gasteiger partial charge >= 0.3 is 11.9 Å². The van der Waals surface area contributed by atoms with Gasteiger partial charge in [0.1, 0.15) is 23.6 Å². The van der Waals surface area contributed by atoms with Crippen molar-refractivity contribution in [3.8, 4) is 0 Å². The van der Waals surface area contributed by atoms with Gasteiger partial charge in [0.15, 0.2) is 0 Å². The quantitative estimate of drug-likeness (QED) is 0.724. The molecule has 2 aliphatic heterocycles. The molecule has 4 heterocycles. The number of halogens is 4. The van der Waals surface area contributed by atoms with E-state index in [1.807, 2.05) is 0 Å². The van der Waals surface area contributed by atoms with E-state index in [4.69, 9.17) is 0 Å². The van der Waals surface area contributed by atoms with Crippen molar-refractivity contribution < 1.29 is 22.4 Å². The Bertz CT molecular complexity index is 977. The van der Waals surface area contributed by atoms with E-state index < -0.39 is 42.0 Å². The molecule has 0 aromatic carbocycles. The van der Waals surface area contributed by atoms with Crippen molar-refractivity contribution in [1.82, 2.24) is 24.2 Å². The number of amides is 1. The lowest BCUT2D eigenvalue weighted by Gasteiger charge is -2.31. The van der Waals surface area contributed by atoms with Crippen LogP contribution in [0.3, 0.4) is 0 Å². The zero-order valence-corrected chi connectivity index (χ0v) is 15.4. The molecule has 0 radical (unpaired) electrons. The van der Waals surface area contributed by atoms with Gasteiger partial charge in [0, 0.05) is 19.3 Å². The predicted octanol–water partition coefficient (Wildman–Crippen LogP) is 2.23. The van der Waals surface area contributed by atoms with Crippen molar-refractivity contribution in [3.05, 3.63) is 46.1 Å². The highest BCUT2D eigenvalue weighted by atomic mass is 19.4. The highest BCUT2D eigenvalue weighted by Gasteiger charge is 2.49. The van der Waals surface area contributed by atoms with Crippen LogP contribution in [0.4, 0.5) is 17.6 Å². The Hall–Kier alpha value is -2.72. The van der Waals surface area contributed by atoms with Crippen molar-refractivity contribution in [3.63, 3.8) is 0 Å². The maximum atomic E-state index is 13.9. The molecule has 7 nitrogen and oxygen atoms in total. The first-order valence-corrected chi connectivity index (χ1v) is 9.41. The number of rotatable bonds is 3. The topological polar surface area (TPSA) is 73.0 Å². The minimum absolute atomic E-state index is 0.101. The van der Waals surface area contributed by atoms with Crippen LogP contribution in [-0.2, 0) is 11.3 Å². The lowest BCUT2D eigenvalue weighted by Crippen LogP contribution is -2.43. The van der Waals surface area contributed by atoms with E-state index in [0.717, 1.165) is 28.2 Å². The number of likely N-dealkylation sites (tertiary alicyclic amines) is 1. The summed E-state index contributed by atoms with van der Waals surface area (Å²) in [4.78, 5) is 31.2. The average molecular weight is 413 g/mol. The Labute approximate surface area is 162 Å². The summed E-state index contributed by atoms with van der Waals surface area (Å²) in [6, 6.07) is 1.47. The monoisotopic (exact) mass is 413 g/mol. The van der Waals surface area contributed by atoms with Crippen LogP contribution in [0.2, 0.25) is 0 Å². The Morgan fingerprint density at radius 2 is 1.93 bits per heavy atom. The van der Waals surface area contributed by atoms with E-state index in [1.165, 1.54) is 12.3 Å². The minimum atomic E-state index is -4.61. The second-order valence-electron chi connectivity index (χ2n) is 7.32. The van der Waals surface area contributed by atoms with Crippen molar-refractivity contribution in [2.45, 2.75) is 50.4 Å². The first-order valence-electron chi connectivity index (χ1n) is 9.41. The molecule has 11 heteroatoms. The zero-order chi connectivity index (χ0) is 20.8. The number of hydrogen-bond acceptors (Lipinski definition) is 4. The van der Waals surface area contributed by atoms with Gasteiger partial charge in [0.2, 0.25) is 5.91 Å². The van der Waals surface area contributed by atoms with E-state index in [1.54, 1.807) is 4.90 Å². The fraction of sp³-hybridized carbons (Fsp3) is 0.556. The Balaban J connectivity index is 1.76. The lowest BCUT2D eigenvalue weighted by atomic mass is 9.93. The summed E-state index contributed by atoms with van der Waals surface area (Å²) in [7, 11) is 0. The van der Waals surface area contributed by atoms with Crippen LogP contribution in [0, 0.1) is 5.82 Å². The number of nitrogens with zero attached hydrogens (tertiary/aromatic N) is 5. The Morgan fingerprint density at radius 3 is 2.59 bits per heavy atom. The molecule has 0 aliphatic carbocycles. The van der Waals surface area contributed by atoms with E-state index >= 15 is 0 Å². The Kier molecular flexibility index (Phi) is 4.91. The lowest BCUT2D eigenvalue weighted by molar-refractivity contribution is -0.160. The number of alkyl halides is 3. The minimum Gasteiger partial charge on any atom is -0.341 e. The average Bonchev–Trinajstić information content (AvgIpc) is 3.31. The summed E-state index contributed by atoms with van der Waals surface area (Å²) < 4.78 is 56.2. The molecule has 1 amide bonds. The standard InChI is InChI=1S/C18H19F4N5O2/c19-12-4-3-7-23-13(12)10-26-17(29)27-14(16(28)25-8-1-2-9-25)6-5-11(15(27)24-26)18(20,21)22/h3-4,7,11,14H,1-2,5-6,8-10H2. The molecule has 2 atom stereocenters. The van der Waals surface area contributed by atoms with Crippen LogP contribution in [0.1, 0.15) is 49.2 Å². The third-order valence-electron chi connectivity index (χ3n) is 5.48. The SMILES string of the molecule is O=C(C1CCC(C(F)(F)F)c2nn(Cc3ncccc3F)c(=O)n21)N1CCCC1. The van der Waals surface area contributed by atoms with Gasteiger partial charge in [0.25, 0.3) is 0 Å². The fourth-order valence-corrected chi connectivity index (χ4v) is 4.02. The van der Waals surface area contributed by atoms with Crippen LogP contribution in [0.25, 0.3) is 0 Å². The molecular weight excluding hydrogens is 394 g/mol. The van der Waals surface area contributed by atoms with Crippen LogP contribution in [0.15, 0.2) is 23.1 Å². The number of fused-ring (bicyclic) bond motifs is 1. The van der Waals surface area contributed by atoms with Crippen LogP contribution < -0.4 is 5.69 Å². The molecule has 1 fully saturated rings. The van der Waals surface area contributed by atoms with Gasteiger partial charge in [-0.25, -0.2) is 13.9 Å². The van der Waals surface area contributed by atoms with Gasteiger partial charge in [0.05, 0.1) is 12.2 Å². The second-order valence-corrected chi connectivity index (χ2v) is 7.32. The summed E-state index contributed by atoms with van der Waals surface area (Å²) in [5, 5.41) is 3.86. The smallest absolute Gasteiger partial charge is 0.341 e. The normalized spacial score (nSPS) is 22.0. The number of pyridine rings is 1. The molecule has 2 unspecified atom stereocenters. The van der Waals surface area contributed by atoms with Gasteiger partial charge in [-0.1, -0.05) is 0 Å². The molecule has 4 rings (SSSR count). The zero-order valence-electron chi connectivity index (χ0n) is 15.4. The largest absolute Gasteiger partial charge is 0.398 e. The molecule has 2 aromatic heterocycles. The van der Waals surface area contributed by atoms with E-state index in [9.17, 15) is 27.2 Å². The first-order chi connectivity index (χ1) is 13.8. The maximum absolute atomic E-state index is 13.9. The van der Waals surface area contributed by atoms with Crippen LogP contribution in [0.5, 0.6) is 0 Å². The summed E-state index contributed by atoms with van der Waals surface area (Å²) in [6.45, 7) is 0.630. The van der Waals surface area contributed by atoms with Crippen molar-refractivity contribution in [2.75, 3.05) is 13.1 Å². The molecule has 0 bridgehead atoms. The maximum Gasteiger partial charge on any atom is 0.398 e. The molecule has 0 N–H and O–H groups in total. The van der Waals surface area contributed by atoms with Gasteiger partial charge in [-0.15, -0.1) is 0 Å².